The van der Waals surface area contributed by atoms with Gasteiger partial charge >= 0.3 is 18.2 Å². The Morgan fingerprint density at radius 1 is 1.24 bits per heavy atom. The van der Waals surface area contributed by atoms with Crippen LogP contribution in [0.25, 0.3) is 0 Å². The van der Waals surface area contributed by atoms with E-state index in [-0.39, 0.29) is 13.0 Å². The van der Waals surface area contributed by atoms with Crippen LogP contribution in [-0.2, 0) is 11.0 Å². The average molecular weight is 306 g/mol. The zero-order chi connectivity index (χ0) is 16.0. The lowest BCUT2D eigenvalue weighted by atomic mass is 10.1. The molecule has 116 valence electrons. The summed E-state index contributed by atoms with van der Waals surface area (Å²) < 4.78 is 38.0. The van der Waals surface area contributed by atoms with Crippen molar-refractivity contribution in [2.75, 3.05) is 11.9 Å². The number of rotatable bonds is 5. The second kappa shape index (κ2) is 6.93. The molecule has 1 aromatic rings. The van der Waals surface area contributed by atoms with E-state index < -0.39 is 35.5 Å². The number of carbonyl (C=O) groups excluding carboxylic acids is 1. The van der Waals surface area contributed by atoms with Crippen LogP contribution in [0.2, 0.25) is 0 Å². The zero-order valence-corrected chi connectivity index (χ0v) is 10.6. The van der Waals surface area contributed by atoms with Crippen LogP contribution in [-0.4, -0.2) is 34.9 Å². The molecule has 0 aromatic heterocycles. The third-order valence-electron chi connectivity index (χ3n) is 2.47. The summed E-state index contributed by atoms with van der Waals surface area (Å²) in [5.41, 5.74) is -1.41. The summed E-state index contributed by atoms with van der Waals surface area (Å²) in [6, 6.07) is 3.51. The molecule has 0 saturated carbocycles. The van der Waals surface area contributed by atoms with Gasteiger partial charge in [0, 0.05) is 13.0 Å². The molecule has 0 saturated heterocycles. The van der Waals surface area contributed by atoms with E-state index in [2.05, 4.69) is 5.32 Å². The number of aliphatic hydroxyl groups is 1. The van der Waals surface area contributed by atoms with E-state index in [0.29, 0.717) is 0 Å². The smallest absolute Gasteiger partial charge is 0.418 e. The van der Waals surface area contributed by atoms with Crippen molar-refractivity contribution in [1.82, 2.24) is 5.32 Å². The molecule has 0 spiro atoms. The van der Waals surface area contributed by atoms with E-state index in [9.17, 15) is 22.8 Å². The molecular formula is C12H13F3N2O4. The lowest BCUT2D eigenvalue weighted by Crippen LogP contribution is -2.33. The summed E-state index contributed by atoms with van der Waals surface area (Å²) in [7, 11) is 0. The van der Waals surface area contributed by atoms with Crippen molar-refractivity contribution < 1.29 is 33.0 Å². The van der Waals surface area contributed by atoms with Gasteiger partial charge in [-0.15, -0.1) is 0 Å². The third-order valence-corrected chi connectivity index (χ3v) is 2.47. The van der Waals surface area contributed by atoms with Crippen molar-refractivity contribution in [2.45, 2.75) is 18.7 Å². The van der Waals surface area contributed by atoms with E-state index >= 15 is 0 Å². The van der Waals surface area contributed by atoms with E-state index in [1.54, 1.807) is 0 Å². The number of hydrogen-bond acceptors (Lipinski definition) is 3. The second-order valence-electron chi connectivity index (χ2n) is 4.07. The fourth-order valence-corrected chi connectivity index (χ4v) is 1.45. The van der Waals surface area contributed by atoms with Gasteiger partial charge in [0.2, 0.25) is 0 Å². The summed E-state index contributed by atoms with van der Waals surface area (Å²) in [5.74, 6) is -1.44. The Bertz CT molecular complexity index is 519. The number of nitrogens with one attached hydrogen (secondary N) is 2. The lowest BCUT2D eigenvalue weighted by Gasteiger charge is -2.14. The number of aliphatic hydroxyl groups excluding tert-OH is 1. The predicted octanol–water partition coefficient (Wildman–Crippen LogP) is 1.66. The minimum absolute atomic E-state index is 0.201. The lowest BCUT2D eigenvalue weighted by molar-refractivity contribution is -0.146. The monoisotopic (exact) mass is 306 g/mol. The predicted molar refractivity (Wildman–Crippen MR) is 66.7 cm³/mol. The van der Waals surface area contributed by atoms with Gasteiger partial charge in [-0.25, -0.2) is 9.59 Å². The standard InChI is InChI=1S/C12H13F3N2O4/c13-12(14,15)7-3-1-2-4-8(7)17-11(21)16-6-5-9(18)10(19)20/h1-4,9,18H,5-6H2,(H,19,20)(H2,16,17,21). The Morgan fingerprint density at radius 2 is 1.86 bits per heavy atom. The molecule has 0 aliphatic carbocycles. The number of carbonyl (C=O) groups is 2. The second-order valence-corrected chi connectivity index (χ2v) is 4.07. The Kier molecular flexibility index (Phi) is 5.53. The minimum Gasteiger partial charge on any atom is -0.479 e. The quantitative estimate of drug-likeness (QED) is 0.665. The van der Waals surface area contributed by atoms with Crippen molar-refractivity contribution in [3.05, 3.63) is 29.8 Å². The van der Waals surface area contributed by atoms with Crippen LogP contribution in [0.3, 0.4) is 0 Å². The number of hydrogen-bond donors (Lipinski definition) is 4. The van der Waals surface area contributed by atoms with Crippen LogP contribution >= 0.6 is 0 Å². The molecule has 0 fully saturated rings. The first-order valence-electron chi connectivity index (χ1n) is 5.83. The van der Waals surface area contributed by atoms with E-state index in [1.807, 2.05) is 5.32 Å². The SMILES string of the molecule is O=C(NCCC(O)C(=O)O)Nc1ccccc1C(F)(F)F. The number of para-hydroxylation sites is 1. The van der Waals surface area contributed by atoms with Gasteiger partial charge in [0.1, 0.15) is 0 Å². The van der Waals surface area contributed by atoms with Crippen LogP contribution < -0.4 is 10.6 Å². The molecule has 0 bridgehead atoms. The summed E-state index contributed by atoms with van der Waals surface area (Å²) >= 11 is 0. The number of carboxylic acids is 1. The molecule has 1 unspecified atom stereocenters. The number of carboxylic acid groups (broad SMARTS) is 1. The van der Waals surface area contributed by atoms with Gasteiger partial charge in [0.25, 0.3) is 0 Å². The molecule has 0 aliphatic heterocycles. The molecule has 0 heterocycles. The molecular weight excluding hydrogens is 293 g/mol. The minimum atomic E-state index is -4.61. The number of urea groups is 1. The number of alkyl halides is 3. The van der Waals surface area contributed by atoms with E-state index in [0.717, 1.165) is 12.1 Å². The van der Waals surface area contributed by atoms with Gasteiger partial charge in [0.05, 0.1) is 11.3 Å². The van der Waals surface area contributed by atoms with Crippen molar-refractivity contribution in [1.29, 1.82) is 0 Å². The maximum Gasteiger partial charge on any atom is 0.418 e. The zero-order valence-electron chi connectivity index (χ0n) is 10.6. The van der Waals surface area contributed by atoms with Gasteiger partial charge in [-0.3, -0.25) is 0 Å². The maximum absolute atomic E-state index is 12.7. The first-order chi connectivity index (χ1) is 9.71. The normalized spacial score (nSPS) is 12.6. The highest BCUT2D eigenvalue weighted by atomic mass is 19.4. The van der Waals surface area contributed by atoms with Crippen LogP contribution in [0, 0.1) is 0 Å². The largest absolute Gasteiger partial charge is 0.479 e. The number of aliphatic carboxylic acids is 1. The van der Waals surface area contributed by atoms with Gasteiger partial charge in [-0.2, -0.15) is 13.2 Å². The molecule has 2 amide bonds. The van der Waals surface area contributed by atoms with Crippen molar-refractivity contribution >= 4 is 17.7 Å². The number of amides is 2. The molecule has 0 radical (unpaired) electrons. The summed E-state index contributed by atoms with van der Waals surface area (Å²) in [4.78, 5) is 21.7. The van der Waals surface area contributed by atoms with E-state index in [4.69, 9.17) is 10.2 Å². The van der Waals surface area contributed by atoms with Crippen LogP contribution in [0.4, 0.5) is 23.7 Å². The summed E-state index contributed by atoms with van der Waals surface area (Å²) in [6.45, 7) is -0.201. The van der Waals surface area contributed by atoms with Gasteiger partial charge in [-0.05, 0) is 12.1 Å². The highest BCUT2D eigenvalue weighted by molar-refractivity contribution is 5.90. The van der Waals surface area contributed by atoms with Crippen molar-refractivity contribution in [3.8, 4) is 0 Å². The number of halogens is 3. The third kappa shape index (κ3) is 5.30. The molecule has 21 heavy (non-hydrogen) atoms. The molecule has 9 heteroatoms. The molecule has 0 aliphatic rings. The Hall–Kier alpha value is -2.29. The average Bonchev–Trinajstić information content (AvgIpc) is 2.37. The molecule has 4 N–H and O–H groups in total. The number of benzene rings is 1. The van der Waals surface area contributed by atoms with E-state index in [1.165, 1.54) is 12.1 Å². The van der Waals surface area contributed by atoms with Gasteiger partial charge in [-0.1, -0.05) is 12.1 Å². The van der Waals surface area contributed by atoms with Crippen molar-refractivity contribution in [2.24, 2.45) is 0 Å². The Morgan fingerprint density at radius 3 is 2.43 bits per heavy atom. The maximum atomic E-state index is 12.7. The Balaban J connectivity index is 2.58. The van der Waals surface area contributed by atoms with Crippen LogP contribution in [0.1, 0.15) is 12.0 Å². The van der Waals surface area contributed by atoms with Gasteiger partial charge < -0.3 is 20.8 Å². The molecule has 1 aromatic carbocycles. The van der Waals surface area contributed by atoms with Gasteiger partial charge in [0.15, 0.2) is 6.10 Å². The van der Waals surface area contributed by atoms with Crippen molar-refractivity contribution in [3.63, 3.8) is 0 Å². The molecule has 1 atom stereocenters. The molecule has 6 nitrogen and oxygen atoms in total. The fourth-order valence-electron chi connectivity index (χ4n) is 1.45. The Labute approximate surface area is 117 Å². The first kappa shape index (κ1) is 16.8. The number of anilines is 1. The first-order valence-corrected chi connectivity index (χ1v) is 5.83. The topological polar surface area (TPSA) is 98.7 Å². The summed E-state index contributed by atoms with van der Waals surface area (Å²) in [6.07, 6.45) is -6.51. The highest BCUT2D eigenvalue weighted by Crippen LogP contribution is 2.34. The summed E-state index contributed by atoms with van der Waals surface area (Å²) in [5, 5.41) is 21.5. The van der Waals surface area contributed by atoms with Crippen LogP contribution in [0.5, 0.6) is 0 Å². The van der Waals surface area contributed by atoms with Crippen LogP contribution in [0.15, 0.2) is 24.3 Å². The fraction of sp³-hybridized carbons (Fsp3) is 0.333. The highest BCUT2D eigenvalue weighted by Gasteiger charge is 2.33. The molecule has 1 rings (SSSR count).